The van der Waals surface area contributed by atoms with Crippen LogP contribution in [0.5, 0.6) is 0 Å². The van der Waals surface area contributed by atoms with Crippen molar-refractivity contribution in [1.82, 2.24) is 5.32 Å². The molecule has 0 amide bonds. The zero-order chi connectivity index (χ0) is 38.6. The van der Waals surface area contributed by atoms with Crippen molar-refractivity contribution in [2.24, 2.45) is 46.0 Å². The maximum Gasteiger partial charge on any atom is 0.0636 e. The first-order chi connectivity index (χ1) is 25.8. The van der Waals surface area contributed by atoms with Crippen LogP contribution in [0.3, 0.4) is 0 Å². The number of hydrogen-bond acceptors (Lipinski definition) is 5. The first kappa shape index (κ1) is 48.9. The van der Waals surface area contributed by atoms with Gasteiger partial charge in [0.1, 0.15) is 0 Å². The highest BCUT2D eigenvalue weighted by Crippen LogP contribution is 2.58. The Bertz CT molecular complexity index is 832. The summed E-state index contributed by atoms with van der Waals surface area (Å²) in [5.41, 5.74) is 12.3. The van der Waals surface area contributed by atoms with Crippen molar-refractivity contribution in [2.75, 3.05) is 39.4 Å². The number of rotatable bonds is 35. The second-order valence-corrected chi connectivity index (χ2v) is 18.9. The van der Waals surface area contributed by atoms with E-state index >= 15 is 0 Å². The molecule has 2 fully saturated rings. The molecule has 5 heteroatoms. The van der Waals surface area contributed by atoms with Crippen molar-refractivity contribution in [1.29, 1.82) is 0 Å². The molecule has 0 heterocycles. The number of nitrogens with two attached hydrogens (primary N) is 2. The molecule has 0 unspecified atom stereocenters. The van der Waals surface area contributed by atoms with E-state index in [-0.39, 0.29) is 5.41 Å². The molecular formula is C48H97N3O2. The summed E-state index contributed by atoms with van der Waals surface area (Å²) < 4.78 is 13.3. The van der Waals surface area contributed by atoms with Crippen molar-refractivity contribution in [2.45, 2.75) is 234 Å². The molecule has 2 saturated carbocycles. The molecule has 0 aromatic heterocycles. The first-order valence-corrected chi connectivity index (χ1v) is 24.1. The highest BCUT2D eigenvalue weighted by molar-refractivity contribution is 5.03. The van der Waals surface area contributed by atoms with Crippen LogP contribution in [0.4, 0.5) is 0 Å². The van der Waals surface area contributed by atoms with Gasteiger partial charge in [0.25, 0.3) is 0 Å². The molecule has 53 heavy (non-hydrogen) atoms. The summed E-state index contributed by atoms with van der Waals surface area (Å²) in [4.78, 5) is 0. The summed E-state index contributed by atoms with van der Waals surface area (Å²) in [7, 11) is 0. The Morgan fingerprint density at radius 2 is 1.19 bits per heavy atom. The Morgan fingerprint density at radius 1 is 0.642 bits per heavy atom. The molecule has 5 N–H and O–H groups in total. The van der Waals surface area contributed by atoms with Crippen LogP contribution in [-0.4, -0.2) is 51.6 Å². The number of unbranched alkanes of at least 4 members (excludes halogenated alkanes) is 14. The molecule has 0 radical (unpaired) electrons. The monoisotopic (exact) mass is 748 g/mol. The van der Waals surface area contributed by atoms with E-state index in [4.69, 9.17) is 20.9 Å². The van der Waals surface area contributed by atoms with Gasteiger partial charge in [-0.05, 0) is 144 Å². The minimum atomic E-state index is 0.234. The van der Waals surface area contributed by atoms with Crippen LogP contribution in [-0.2, 0) is 9.47 Å². The van der Waals surface area contributed by atoms with Crippen molar-refractivity contribution in [3.63, 3.8) is 0 Å². The quantitative estimate of drug-likeness (QED) is 0.0562. The third kappa shape index (κ3) is 18.7. The lowest BCUT2D eigenvalue weighted by Gasteiger charge is -2.49. The largest absolute Gasteiger partial charge is 0.378 e. The third-order valence-electron chi connectivity index (χ3n) is 14.7. The highest BCUT2D eigenvalue weighted by Gasteiger charge is 2.53. The fourth-order valence-corrected chi connectivity index (χ4v) is 10.6. The molecular weight excluding hydrogens is 651 g/mol. The van der Waals surface area contributed by atoms with E-state index in [1.165, 1.54) is 180 Å². The van der Waals surface area contributed by atoms with Crippen LogP contribution >= 0.6 is 0 Å². The first-order valence-electron chi connectivity index (χ1n) is 24.1. The number of ether oxygens (including phenoxy) is 2. The van der Waals surface area contributed by atoms with Crippen molar-refractivity contribution in [3.8, 4) is 0 Å². The highest BCUT2D eigenvalue weighted by atomic mass is 16.5. The lowest BCUT2D eigenvalue weighted by atomic mass is 9.59. The van der Waals surface area contributed by atoms with Gasteiger partial charge in [0.2, 0.25) is 0 Å². The van der Waals surface area contributed by atoms with Crippen LogP contribution in [0, 0.1) is 34.5 Å². The average molecular weight is 748 g/mol. The molecule has 0 spiro atoms. The lowest BCUT2D eigenvalue weighted by Crippen LogP contribution is -2.47. The van der Waals surface area contributed by atoms with Crippen LogP contribution in [0.1, 0.15) is 221 Å². The summed E-state index contributed by atoms with van der Waals surface area (Å²) in [6.45, 7) is 20.5. The Kier molecular flexibility index (Phi) is 27.7. The van der Waals surface area contributed by atoms with E-state index in [9.17, 15) is 0 Å². The predicted octanol–water partition coefficient (Wildman–Crippen LogP) is 12.8. The van der Waals surface area contributed by atoms with Gasteiger partial charge in [-0.25, -0.2) is 0 Å². The zero-order valence-electron chi connectivity index (χ0n) is 37.0. The Morgan fingerprint density at radius 3 is 1.77 bits per heavy atom. The zero-order valence-corrected chi connectivity index (χ0v) is 37.0. The molecule has 2 rings (SSSR count). The summed E-state index contributed by atoms with van der Waals surface area (Å²) in [6, 6.07) is 0. The second-order valence-electron chi connectivity index (χ2n) is 18.9. The SMILES string of the molecule is CCCCCCCCCCCCCCCCNCCC[C@@H](C)[C@H]1CC[C@@H](CCCC)[C@]1(C)[C@H](C[C@@H](C)C1(C)CCC(OCCCN)CC1)OCCCN. The van der Waals surface area contributed by atoms with E-state index in [1.54, 1.807) is 0 Å². The molecule has 0 aromatic rings. The van der Waals surface area contributed by atoms with Crippen molar-refractivity contribution in [3.05, 3.63) is 0 Å². The third-order valence-corrected chi connectivity index (χ3v) is 14.7. The van der Waals surface area contributed by atoms with E-state index in [1.807, 2.05) is 0 Å². The van der Waals surface area contributed by atoms with E-state index in [0.29, 0.717) is 30.1 Å². The molecule has 0 bridgehead atoms. The van der Waals surface area contributed by atoms with Gasteiger partial charge in [-0.1, -0.05) is 138 Å². The number of hydrogen-bond donors (Lipinski definition) is 3. The second kappa shape index (κ2) is 30.0. The molecule has 2 aliphatic carbocycles. The Balaban J connectivity index is 1.82. The molecule has 316 valence electrons. The van der Waals surface area contributed by atoms with Gasteiger partial charge < -0.3 is 26.3 Å². The Hall–Kier alpha value is -0.200. The average Bonchev–Trinajstić information content (AvgIpc) is 3.50. The molecule has 0 saturated heterocycles. The minimum absolute atomic E-state index is 0.234. The normalized spacial score (nSPS) is 26.6. The van der Waals surface area contributed by atoms with Crippen molar-refractivity contribution >= 4 is 0 Å². The topological polar surface area (TPSA) is 82.5 Å². The maximum atomic E-state index is 7.07. The van der Waals surface area contributed by atoms with Gasteiger partial charge in [0.15, 0.2) is 0 Å². The van der Waals surface area contributed by atoms with Gasteiger partial charge in [-0.2, -0.15) is 0 Å². The molecule has 5 nitrogen and oxygen atoms in total. The maximum absolute atomic E-state index is 7.07. The van der Waals surface area contributed by atoms with Crippen molar-refractivity contribution < 1.29 is 9.47 Å². The lowest BCUT2D eigenvalue weighted by molar-refractivity contribution is -0.107. The standard InChI is InChI=1S/C48H97N3O2/c1-7-9-11-12-13-14-15-16-17-18-19-20-21-22-36-51-37-23-26-41(3)45-29-28-43(27-10-8-2)48(45,6)46(53-39-25-35-50)40-42(4)47(5)32-30-44(31-33-47)52-38-24-34-49/h41-46,51H,7-40,49-50H2,1-6H3/t41-,42-,43-,44?,45-,46+,47?,48+/m1/s1. The van der Waals surface area contributed by atoms with Crippen LogP contribution in [0.2, 0.25) is 0 Å². The van der Waals surface area contributed by atoms with E-state index < -0.39 is 0 Å². The molecule has 2 aliphatic rings. The van der Waals surface area contributed by atoms with Gasteiger partial charge in [0.05, 0.1) is 12.2 Å². The molecule has 6 atom stereocenters. The van der Waals surface area contributed by atoms with Crippen LogP contribution in [0.25, 0.3) is 0 Å². The van der Waals surface area contributed by atoms with E-state index in [0.717, 1.165) is 50.4 Å². The Labute approximate surface area is 332 Å². The smallest absolute Gasteiger partial charge is 0.0636 e. The van der Waals surface area contributed by atoms with Gasteiger partial charge in [-0.3, -0.25) is 0 Å². The van der Waals surface area contributed by atoms with Crippen LogP contribution < -0.4 is 16.8 Å². The summed E-state index contributed by atoms with van der Waals surface area (Å²) >= 11 is 0. The predicted molar refractivity (Wildman–Crippen MR) is 233 cm³/mol. The van der Waals surface area contributed by atoms with Crippen LogP contribution in [0.15, 0.2) is 0 Å². The fraction of sp³-hybridized carbons (Fsp3) is 1.00. The van der Waals surface area contributed by atoms with Gasteiger partial charge >= 0.3 is 0 Å². The minimum Gasteiger partial charge on any atom is -0.378 e. The summed E-state index contributed by atoms with van der Waals surface area (Å²) in [6.07, 6.45) is 38.2. The van der Waals surface area contributed by atoms with E-state index in [2.05, 4.69) is 46.9 Å². The molecule has 0 aromatic carbocycles. The van der Waals surface area contributed by atoms with Gasteiger partial charge in [0, 0.05) is 13.2 Å². The molecule has 0 aliphatic heterocycles. The summed E-state index contributed by atoms with van der Waals surface area (Å²) in [5, 5.41) is 3.82. The summed E-state index contributed by atoms with van der Waals surface area (Å²) in [5.74, 6) is 2.88. The fourth-order valence-electron chi connectivity index (χ4n) is 10.6. The van der Waals surface area contributed by atoms with Gasteiger partial charge in [-0.15, -0.1) is 0 Å². The number of nitrogens with one attached hydrogen (secondary N) is 1.